The van der Waals surface area contributed by atoms with Gasteiger partial charge in [0.25, 0.3) is 0 Å². The van der Waals surface area contributed by atoms with Gasteiger partial charge in [0, 0.05) is 6.54 Å². The summed E-state index contributed by atoms with van der Waals surface area (Å²) in [6.45, 7) is 9.07. The van der Waals surface area contributed by atoms with E-state index in [4.69, 9.17) is 6.42 Å². The van der Waals surface area contributed by atoms with E-state index in [1.54, 1.807) is 0 Å². The zero-order valence-corrected chi connectivity index (χ0v) is 10.0. The molecule has 0 amide bonds. The maximum atomic E-state index is 5.42. The van der Waals surface area contributed by atoms with Crippen LogP contribution in [0.5, 0.6) is 0 Å². The monoisotopic (exact) mass is 201 g/mol. The molecule has 0 bridgehead atoms. The van der Waals surface area contributed by atoms with Gasteiger partial charge in [0.1, 0.15) is 0 Å². The summed E-state index contributed by atoms with van der Waals surface area (Å²) in [5.74, 6) is 2.73. The van der Waals surface area contributed by atoms with Gasteiger partial charge in [-0.2, -0.15) is 0 Å². The highest BCUT2D eigenvalue weighted by atomic mass is 14.9. The van der Waals surface area contributed by atoms with E-state index in [1.165, 1.54) is 16.7 Å². The molecule has 1 N–H and O–H groups in total. The first kappa shape index (κ1) is 11.8. The minimum Gasteiger partial charge on any atom is -0.298 e. The van der Waals surface area contributed by atoms with Crippen molar-refractivity contribution in [2.24, 2.45) is 0 Å². The summed E-state index contributed by atoms with van der Waals surface area (Å²) in [7, 11) is 0. The van der Waals surface area contributed by atoms with Crippen LogP contribution in [0.1, 0.15) is 30.5 Å². The molecule has 0 aliphatic carbocycles. The van der Waals surface area contributed by atoms with Crippen LogP contribution in [0.15, 0.2) is 18.2 Å². The van der Waals surface area contributed by atoms with Gasteiger partial charge in [-0.3, -0.25) is 5.32 Å². The topological polar surface area (TPSA) is 12.0 Å². The molecule has 1 aromatic rings. The SMILES string of the molecule is C#CC(C)(C)NCc1cc(C)cc(C)c1. The van der Waals surface area contributed by atoms with Gasteiger partial charge < -0.3 is 0 Å². The molecule has 0 fully saturated rings. The second-order valence-electron chi connectivity index (χ2n) is 4.62. The molecular formula is C14H19N. The molecular weight excluding hydrogens is 182 g/mol. The molecule has 0 aliphatic heterocycles. The third-order valence-electron chi connectivity index (χ3n) is 2.38. The van der Waals surface area contributed by atoms with Gasteiger partial charge in [-0.15, -0.1) is 6.42 Å². The van der Waals surface area contributed by atoms with Crippen LogP contribution in [-0.4, -0.2) is 5.54 Å². The van der Waals surface area contributed by atoms with Crippen molar-refractivity contribution in [3.8, 4) is 12.3 Å². The van der Waals surface area contributed by atoms with Crippen molar-refractivity contribution in [1.82, 2.24) is 5.32 Å². The summed E-state index contributed by atoms with van der Waals surface area (Å²) in [5, 5.41) is 3.34. The number of aryl methyl sites for hydroxylation is 2. The van der Waals surface area contributed by atoms with Gasteiger partial charge in [-0.1, -0.05) is 35.2 Å². The standard InChI is InChI=1S/C14H19N/c1-6-14(4,5)15-10-13-8-11(2)7-12(3)9-13/h1,7-9,15H,10H2,2-5H3. The lowest BCUT2D eigenvalue weighted by Gasteiger charge is -2.19. The number of nitrogens with one attached hydrogen (secondary N) is 1. The van der Waals surface area contributed by atoms with E-state index in [1.807, 2.05) is 13.8 Å². The molecule has 80 valence electrons. The summed E-state index contributed by atoms with van der Waals surface area (Å²) in [5.41, 5.74) is 3.64. The van der Waals surface area contributed by atoms with E-state index in [2.05, 4.69) is 43.3 Å². The predicted octanol–water partition coefficient (Wildman–Crippen LogP) is 2.80. The van der Waals surface area contributed by atoms with E-state index in [9.17, 15) is 0 Å². The van der Waals surface area contributed by atoms with Gasteiger partial charge in [0.15, 0.2) is 0 Å². The Morgan fingerprint density at radius 2 is 1.73 bits per heavy atom. The molecule has 0 unspecified atom stereocenters. The van der Waals surface area contributed by atoms with Gasteiger partial charge in [0.2, 0.25) is 0 Å². The average Bonchev–Trinajstić information content (AvgIpc) is 2.14. The van der Waals surface area contributed by atoms with E-state index in [-0.39, 0.29) is 5.54 Å². The van der Waals surface area contributed by atoms with Crippen molar-refractivity contribution in [2.75, 3.05) is 0 Å². The Morgan fingerprint density at radius 3 is 2.20 bits per heavy atom. The molecule has 1 aromatic carbocycles. The van der Waals surface area contributed by atoms with Gasteiger partial charge in [-0.25, -0.2) is 0 Å². The Balaban J connectivity index is 2.71. The molecule has 0 saturated carbocycles. The number of benzene rings is 1. The largest absolute Gasteiger partial charge is 0.298 e. The van der Waals surface area contributed by atoms with Crippen molar-refractivity contribution in [2.45, 2.75) is 39.8 Å². The van der Waals surface area contributed by atoms with Crippen LogP contribution in [0.4, 0.5) is 0 Å². The summed E-state index contributed by atoms with van der Waals surface area (Å²) in [4.78, 5) is 0. The zero-order valence-electron chi connectivity index (χ0n) is 10.0. The van der Waals surface area contributed by atoms with Crippen LogP contribution in [-0.2, 0) is 6.54 Å². The average molecular weight is 201 g/mol. The van der Waals surface area contributed by atoms with E-state index >= 15 is 0 Å². The first-order valence-corrected chi connectivity index (χ1v) is 5.23. The Bertz CT molecular complexity index is 363. The number of terminal acetylenes is 1. The fourth-order valence-corrected chi connectivity index (χ4v) is 1.55. The van der Waals surface area contributed by atoms with Gasteiger partial charge in [-0.05, 0) is 33.3 Å². The van der Waals surface area contributed by atoms with E-state index < -0.39 is 0 Å². The molecule has 0 spiro atoms. The number of rotatable bonds is 3. The van der Waals surface area contributed by atoms with E-state index in [0.29, 0.717) is 0 Å². The lowest BCUT2D eigenvalue weighted by molar-refractivity contribution is 0.491. The Kier molecular flexibility index (Phi) is 3.55. The Labute approximate surface area is 92.9 Å². The van der Waals surface area contributed by atoms with Crippen molar-refractivity contribution < 1.29 is 0 Å². The van der Waals surface area contributed by atoms with Crippen LogP contribution in [0, 0.1) is 26.2 Å². The molecule has 0 atom stereocenters. The Morgan fingerprint density at radius 1 is 1.20 bits per heavy atom. The molecule has 1 heteroatoms. The Hall–Kier alpha value is -1.26. The minimum atomic E-state index is -0.238. The third-order valence-corrected chi connectivity index (χ3v) is 2.38. The minimum absolute atomic E-state index is 0.238. The van der Waals surface area contributed by atoms with Gasteiger partial charge >= 0.3 is 0 Å². The zero-order chi connectivity index (χ0) is 11.5. The van der Waals surface area contributed by atoms with Crippen LogP contribution in [0.3, 0.4) is 0 Å². The smallest absolute Gasteiger partial charge is 0.0743 e. The maximum absolute atomic E-state index is 5.42. The van der Waals surface area contributed by atoms with Crippen molar-refractivity contribution in [3.05, 3.63) is 34.9 Å². The number of hydrogen-bond acceptors (Lipinski definition) is 1. The second kappa shape index (κ2) is 4.51. The second-order valence-corrected chi connectivity index (χ2v) is 4.62. The molecule has 0 aliphatic rings. The molecule has 0 saturated heterocycles. The highest BCUT2D eigenvalue weighted by molar-refractivity contribution is 5.28. The highest BCUT2D eigenvalue weighted by Gasteiger charge is 2.11. The van der Waals surface area contributed by atoms with Crippen LogP contribution < -0.4 is 5.32 Å². The van der Waals surface area contributed by atoms with Crippen molar-refractivity contribution in [3.63, 3.8) is 0 Å². The highest BCUT2D eigenvalue weighted by Crippen LogP contribution is 2.10. The summed E-state index contributed by atoms with van der Waals surface area (Å²) in [6.07, 6.45) is 5.42. The fraction of sp³-hybridized carbons (Fsp3) is 0.429. The quantitative estimate of drug-likeness (QED) is 0.741. The summed E-state index contributed by atoms with van der Waals surface area (Å²) < 4.78 is 0. The first-order valence-electron chi connectivity index (χ1n) is 5.23. The van der Waals surface area contributed by atoms with Crippen LogP contribution in [0.25, 0.3) is 0 Å². The molecule has 15 heavy (non-hydrogen) atoms. The predicted molar refractivity (Wildman–Crippen MR) is 65.7 cm³/mol. The number of hydrogen-bond donors (Lipinski definition) is 1. The molecule has 0 heterocycles. The fourth-order valence-electron chi connectivity index (χ4n) is 1.55. The first-order chi connectivity index (χ1) is 6.93. The maximum Gasteiger partial charge on any atom is 0.0743 e. The van der Waals surface area contributed by atoms with Gasteiger partial charge in [0.05, 0.1) is 5.54 Å². The molecule has 1 nitrogen and oxygen atoms in total. The van der Waals surface area contributed by atoms with Crippen LogP contribution in [0.2, 0.25) is 0 Å². The van der Waals surface area contributed by atoms with E-state index in [0.717, 1.165) is 6.54 Å². The summed E-state index contributed by atoms with van der Waals surface area (Å²) >= 11 is 0. The van der Waals surface area contributed by atoms with Crippen LogP contribution >= 0.6 is 0 Å². The van der Waals surface area contributed by atoms with Crippen molar-refractivity contribution >= 4 is 0 Å². The lowest BCUT2D eigenvalue weighted by Crippen LogP contribution is -2.36. The molecule has 0 radical (unpaired) electrons. The molecule has 1 rings (SSSR count). The summed E-state index contributed by atoms with van der Waals surface area (Å²) in [6, 6.07) is 6.55. The lowest BCUT2D eigenvalue weighted by atomic mass is 10.0. The normalized spacial score (nSPS) is 11.1. The third kappa shape index (κ3) is 3.77. The van der Waals surface area contributed by atoms with Crippen molar-refractivity contribution in [1.29, 1.82) is 0 Å². The molecule has 0 aromatic heterocycles.